The second-order valence-corrected chi connectivity index (χ2v) is 5.05. The molecule has 3 rings (SSSR count). The fourth-order valence-electron chi connectivity index (χ4n) is 3.29. The van der Waals surface area contributed by atoms with Gasteiger partial charge in [0.15, 0.2) is 0 Å². The van der Waals surface area contributed by atoms with Crippen LogP contribution in [0.5, 0.6) is 0 Å². The fraction of sp³-hybridized carbons (Fsp3) is 0.538. The molecule has 1 N–H and O–H groups in total. The van der Waals surface area contributed by atoms with Gasteiger partial charge in [-0.3, -0.25) is 0 Å². The molecule has 2 aliphatic rings. The Kier molecular flexibility index (Phi) is 2.12. The molecule has 0 amide bonds. The lowest BCUT2D eigenvalue weighted by Crippen LogP contribution is -2.15. The van der Waals surface area contributed by atoms with Crippen LogP contribution in [0.1, 0.15) is 30.4 Å². The maximum Gasteiger partial charge on any atom is 0.416 e. The summed E-state index contributed by atoms with van der Waals surface area (Å²) in [7, 11) is 0. The third-order valence-corrected chi connectivity index (χ3v) is 4.19. The van der Waals surface area contributed by atoms with Crippen LogP contribution in [-0.4, -0.2) is 5.11 Å². The number of hydrogen-bond donors (Lipinski definition) is 1. The van der Waals surface area contributed by atoms with Gasteiger partial charge in [0, 0.05) is 0 Å². The van der Waals surface area contributed by atoms with Crippen molar-refractivity contribution in [1.29, 1.82) is 0 Å². The zero-order valence-corrected chi connectivity index (χ0v) is 9.17. The van der Waals surface area contributed by atoms with Crippen LogP contribution in [0.4, 0.5) is 13.2 Å². The molecular formula is C13H13F3O. The maximum atomic E-state index is 12.6. The Labute approximate surface area is 97.3 Å². The van der Waals surface area contributed by atoms with E-state index < -0.39 is 17.3 Å². The van der Waals surface area contributed by atoms with Crippen molar-refractivity contribution in [3.63, 3.8) is 0 Å². The normalized spacial score (nSPS) is 35.8. The van der Waals surface area contributed by atoms with Gasteiger partial charge in [0.1, 0.15) is 0 Å². The molecule has 17 heavy (non-hydrogen) atoms. The smallest absolute Gasteiger partial charge is 0.385 e. The molecule has 0 spiro atoms. The van der Waals surface area contributed by atoms with Gasteiger partial charge < -0.3 is 5.11 Å². The number of halogens is 3. The highest BCUT2D eigenvalue weighted by atomic mass is 19.4. The van der Waals surface area contributed by atoms with Crippen molar-refractivity contribution in [3.8, 4) is 0 Å². The second-order valence-electron chi connectivity index (χ2n) is 5.05. The third kappa shape index (κ3) is 1.50. The Bertz CT molecular complexity index is 442. The quantitative estimate of drug-likeness (QED) is 0.801. The van der Waals surface area contributed by atoms with E-state index in [-0.39, 0.29) is 11.8 Å². The first kappa shape index (κ1) is 11.1. The van der Waals surface area contributed by atoms with Crippen LogP contribution in [0, 0.1) is 11.8 Å². The van der Waals surface area contributed by atoms with E-state index >= 15 is 0 Å². The van der Waals surface area contributed by atoms with Crippen molar-refractivity contribution in [2.24, 2.45) is 11.8 Å². The summed E-state index contributed by atoms with van der Waals surface area (Å²) in [5.74, 6) is 0.344. The minimum Gasteiger partial charge on any atom is -0.385 e. The van der Waals surface area contributed by atoms with Crippen molar-refractivity contribution in [2.45, 2.75) is 31.0 Å². The number of hydrogen-bond acceptors (Lipinski definition) is 1. The number of alkyl halides is 3. The second kappa shape index (κ2) is 3.25. The Morgan fingerprint density at radius 2 is 1.82 bits per heavy atom. The largest absolute Gasteiger partial charge is 0.416 e. The summed E-state index contributed by atoms with van der Waals surface area (Å²) >= 11 is 0. The van der Waals surface area contributed by atoms with Crippen molar-refractivity contribution < 1.29 is 18.3 Å². The van der Waals surface area contributed by atoms with Crippen LogP contribution < -0.4 is 0 Å². The summed E-state index contributed by atoms with van der Waals surface area (Å²) in [6, 6.07) is 5.13. The minimum absolute atomic E-state index is 0.172. The highest BCUT2D eigenvalue weighted by Gasteiger charge is 2.66. The SMILES string of the molecule is OC1(c2cccc(C(F)(F)F)c2)C2CCCC21. The molecule has 0 radical (unpaired) electrons. The van der Waals surface area contributed by atoms with Crippen molar-refractivity contribution in [1.82, 2.24) is 0 Å². The molecular weight excluding hydrogens is 229 g/mol. The summed E-state index contributed by atoms with van der Waals surface area (Å²) in [5, 5.41) is 10.4. The van der Waals surface area contributed by atoms with Gasteiger partial charge in [-0.1, -0.05) is 18.6 Å². The lowest BCUT2D eigenvalue weighted by atomic mass is 9.97. The predicted molar refractivity (Wildman–Crippen MR) is 56.2 cm³/mol. The Morgan fingerprint density at radius 3 is 2.41 bits per heavy atom. The van der Waals surface area contributed by atoms with Gasteiger partial charge in [0.05, 0.1) is 11.2 Å². The average Bonchev–Trinajstić information content (AvgIpc) is 2.67. The predicted octanol–water partition coefficient (Wildman–Crippen LogP) is 3.32. The molecule has 2 saturated carbocycles. The Balaban J connectivity index is 1.95. The van der Waals surface area contributed by atoms with Gasteiger partial charge in [-0.15, -0.1) is 0 Å². The highest BCUT2D eigenvalue weighted by Crippen LogP contribution is 2.66. The molecule has 1 aromatic carbocycles. The van der Waals surface area contributed by atoms with Crippen molar-refractivity contribution in [2.75, 3.05) is 0 Å². The highest BCUT2D eigenvalue weighted by molar-refractivity contribution is 5.37. The lowest BCUT2D eigenvalue weighted by molar-refractivity contribution is -0.137. The summed E-state index contributed by atoms with van der Waals surface area (Å²) in [6.07, 6.45) is -1.40. The topological polar surface area (TPSA) is 20.2 Å². The maximum absolute atomic E-state index is 12.6. The van der Waals surface area contributed by atoms with Crippen LogP contribution in [0.25, 0.3) is 0 Å². The molecule has 0 bridgehead atoms. The number of fused-ring (bicyclic) bond motifs is 1. The summed E-state index contributed by atoms with van der Waals surface area (Å²) < 4.78 is 37.8. The molecule has 2 fully saturated rings. The van der Waals surface area contributed by atoms with Gasteiger partial charge >= 0.3 is 6.18 Å². The zero-order valence-electron chi connectivity index (χ0n) is 9.17. The van der Waals surface area contributed by atoms with Crippen LogP contribution in [0.15, 0.2) is 24.3 Å². The zero-order chi connectivity index (χ0) is 12.3. The molecule has 1 aromatic rings. The van der Waals surface area contributed by atoms with E-state index in [9.17, 15) is 18.3 Å². The van der Waals surface area contributed by atoms with Gasteiger partial charge in [0.25, 0.3) is 0 Å². The molecule has 2 atom stereocenters. The van der Waals surface area contributed by atoms with Crippen LogP contribution in [0.2, 0.25) is 0 Å². The third-order valence-electron chi connectivity index (χ3n) is 4.19. The molecule has 0 aliphatic heterocycles. The van der Waals surface area contributed by atoms with Crippen molar-refractivity contribution >= 4 is 0 Å². The summed E-state index contributed by atoms with van der Waals surface area (Å²) in [6.45, 7) is 0. The van der Waals surface area contributed by atoms with E-state index in [2.05, 4.69) is 0 Å². The lowest BCUT2D eigenvalue weighted by Gasteiger charge is -2.16. The summed E-state index contributed by atoms with van der Waals surface area (Å²) in [5.41, 5.74) is -1.23. The first-order valence-corrected chi connectivity index (χ1v) is 5.84. The summed E-state index contributed by atoms with van der Waals surface area (Å²) in [4.78, 5) is 0. The van der Waals surface area contributed by atoms with Gasteiger partial charge in [-0.25, -0.2) is 0 Å². The van der Waals surface area contributed by atoms with E-state index in [1.54, 1.807) is 6.07 Å². The molecule has 1 nitrogen and oxygen atoms in total. The molecule has 0 heterocycles. The standard InChI is InChI=1S/C13H13F3O/c14-13(15,16)9-4-1-3-8(7-9)12(17)10-5-2-6-11(10)12/h1,3-4,7,10-11,17H,2,5-6H2. The number of benzene rings is 1. The van der Waals surface area contributed by atoms with Crippen molar-refractivity contribution in [3.05, 3.63) is 35.4 Å². The Hall–Kier alpha value is -1.03. The first-order chi connectivity index (χ1) is 7.94. The monoisotopic (exact) mass is 242 g/mol. The van der Waals surface area contributed by atoms with Crippen LogP contribution >= 0.6 is 0 Å². The molecule has 0 aromatic heterocycles. The number of aliphatic hydroxyl groups is 1. The average molecular weight is 242 g/mol. The first-order valence-electron chi connectivity index (χ1n) is 5.84. The molecule has 2 aliphatic carbocycles. The van der Waals surface area contributed by atoms with E-state index in [4.69, 9.17) is 0 Å². The van der Waals surface area contributed by atoms with Gasteiger partial charge in [-0.2, -0.15) is 13.2 Å². The molecule has 2 unspecified atom stereocenters. The van der Waals surface area contributed by atoms with E-state index in [0.29, 0.717) is 5.56 Å². The van der Waals surface area contributed by atoms with Gasteiger partial charge in [0.2, 0.25) is 0 Å². The molecule has 0 saturated heterocycles. The fourth-order valence-corrected chi connectivity index (χ4v) is 3.29. The van der Waals surface area contributed by atoms with E-state index in [0.717, 1.165) is 31.4 Å². The van der Waals surface area contributed by atoms with E-state index in [1.165, 1.54) is 6.07 Å². The van der Waals surface area contributed by atoms with Crippen LogP contribution in [-0.2, 0) is 11.8 Å². The molecule has 4 heteroatoms. The number of rotatable bonds is 1. The Morgan fingerprint density at radius 1 is 1.18 bits per heavy atom. The molecule has 92 valence electrons. The van der Waals surface area contributed by atoms with Crippen LogP contribution in [0.3, 0.4) is 0 Å². The minimum atomic E-state index is -4.34. The van der Waals surface area contributed by atoms with E-state index in [1.807, 2.05) is 0 Å². The van der Waals surface area contributed by atoms with Gasteiger partial charge in [-0.05, 0) is 42.4 Å².